The van der Waals surface area contributed by atoms with E-state index >= 15 is 0 Å². The van der Waals surface area contributed by atoms with Crippen molar-refractivity contribution in [2.45, 2.75) is 6.92 Å². The summed E-state index contributed by atoms with van der Waals surface area (Å²) in [4.78, 5) is 36.2. The van der Waals surface area contributed by atoms with Gasteiger partial charge in [0.1, 0.15) is 18.1 Å². The van der Waals surface area contributed by atoms with Crippen LogP contribution < -0.4 is 25.5 Å². The number of benzene rings is 3. The minimum absolute atomic E-state index is 0.174. The van der Waals surface area contributed by atoms with Crippen LogP contribution in [0.4, 0.5) is 11.4 Å². The molecular weight excluding hydrogens is 460 g/mol. The Labute approximate surface area is 208 Å². The smallest absolute Gasteiger partial charge is 0.329 e. The van der Waals surface area contributed by atoms with Gasteiger partial charge in [-0.1, -0.05) is 42.5 Å². The topological polar surface area (TPSA) is 118 Å². The Bertz CT molecular complexity index is 1240. The molecule has 0 fully saturated rings. The molecule has 184 valence electrons. The van der Waals surface area contributed by atoms with Gasteiger partial charge in [-0.25, -0.2) is 5.43 Å². The van der Waals surface area contributed by atoms with Crippen LogP contribution in [-0.4, -0.2) is 37.1 Å². The average Bonchev–Trinajstić information content (AvgIpc) is 2.88. The van der Waals surface area contributed by atoms with E-state index in [1.165, 1.54) is 6.21 Å². The minimum Gasteiger partial charge on any atom is -0.490 e. The molecule has 0 saturated carbocycles. The number of nitrogens with one attached hydrogen (secondary N) is 3. The molecule has 9 heteroatoms. The van der Waals surface area contributed by atoms with Crippen LogP contribution in [0.3, 0.4) is 0 Å². The van der Waals surface area contributed by atoms with E-state index in [2.05, 4.69) is 27.7 Å². The van der Waals surface area contributed by atoms with E-state index in [-0.39, 0.29) is 12.5 Å². The lowest BCUT2D eigenvalue weighted by Crippen LogP contribution is -2.32. The molecule has 3 rings (SSSR count). The summed E-state index contributed by atoms with van der Waals surface area (Å²) in [7, 11) is 0. The van der Waals surface area contributed by atoms with Gasteiger partial charge < -0.3 is 20.1 Å². The van der Waals surface area contributed by atoms with E-state index in [1.807, 2.05) is 31.2 Å². The van der Waals surface area contributed by atoms with E-state index in [1.54, 1.807) is 54.6 Å². The van der Waals surface area contributed by atoms with Gasteiger partial charge in [-0.15, -0.1) is 0 Å². The zero-order valence-corrected chi connectivity index (χ0v) is 19.7. The molecule has 0 unspecified atom stereocenters. The van der Waals surface area contributed by atoms with Crippen molar-refractivity contribution in [3.05, 3.63) is 96.6 Å². The Balaban J connectivity index is 1.45. The molecule has 0 aliphatic carbocycles. The molecule has 3 aromatic rings. The number of hydrogen-bond donors (Lipinski definition) is 3. The van der Waals surface area contributed by atoms with Crippen molar-refractivity contribution >= 4 is 35.3 Å². The molecule has 0 aromatic heterocycles. The number of hydrogen-bond acceptors (Lipinski definition) is 6. The van der Waals surface area contributed by atoms with E-state index < -0.39 is 11.8 Å². The summed E-state index contributed by atoms with van der Waals surface area (Å²) in [5.41, 5.74) is 4.98. The molecule has 9 nitrogen and oxygen atoms in total. The second-order valence-corrected chi connectivity index (χ2v) is 7.55. The summed E-state index contributed by atoms with van der Waals surface area (Å²) in [6, 6.07) is 20.8. The zero-order chi connectivity index (χ0) is 25.8. The van der Waals surface area contributed by atoms with Gasteiger partial charge in [0.05, 0.1) is 6.21 Å². The monoisotopic (exact) mass is 486 g/mol. The highest BCUT2D eigenvalue weighted by Gasteiger charge is 2.13. The summed E-state index contributed by atoms with van der Waals surface area (Å²) in [6.45, 7) is 5.73. The lowest BCUT2D eigenvalue weighted by molar-refractivity contribution is -0.136. The largest absolute Gasteiger partial charge is 0.490 e. The summed E-state index contributed by atoms with van der Waals surface area (Å²) in [5, 5.41) is 9.03. The molecule has 0 spiro atoms. The summed E-state index contributed by atoms with van der Waals surface area (Å²) in [5.74, 6) is -1.04. The lowest BCUT2D eigenvalue weighted by atomic mass is 10.2. The van der Waals surface area contributed by atoms with E-state index in [9.17, 15) is 14.4 Å². The number of hydrazone groups is 1. The Morgan fingerprint density at radius 3 is 2.28 bits per heavy atom. The summed E-state index contributed by atoms with van der Waals surface area (Å²) >= 11 is 0. The third-order valence-electron chi connectivity index (χ3n) is 4.63. The van der Waals surface area contributed by atoms with E-state index in [0.29, 0.717) is 35.0 Å². The number of carbonyl (C=O) groups excluding carboxylic acids is 3. The molecule has 0 aliphatic rings. The fourth-order valence-corrected chi connectivity index (χ4v) is 2.86. The van der Waals surface area contributed by atoms with Crippen LogP contribution in [0, 0.1) is 6.92 Å². The second-order valence-electron chi connectivity index (χ2n) is 7.55. The third kappa shape index (κ3) is 8.45. The van der Waals surface area contributed by atoms with Crippen molar-refractivity contribution in [1.29, 1.82) is 0 Å². The van der Waals surface area contributed by atoms with Crippen molar-refractivity contribution in [1.82, 2.24) is 5.43 Å². The Morgan fingerprint density at radius 2 is 1.56 bits per heavy atom. The van der Waals surface area contributed by atoms with Gasteiger partial charge in [-0.2, -0.15) is 5.10 Å². The van der Waals surface area contributed by atoms with Crippen LogP contribution >= 0.6 is 0 Å². The quantitative estimate of drug-likeness (QED) is 0.175. The highest BCUT2D eigenvalue weighted by Crippen LogP contribution is 2.16. The molecule has 3 N–H and O–H groups in total. The maximum absolute atomic E-state index is 12.1. The first-order chi connectivity index (χ1) is 17.4. The molecule has 0 aliphatic heterocycles. The normalized spacial score (nSPS) is 10.4. The van der Waals surface area contributed by atoms with Crippen LogP contribution in [0.25, 0.3) is 0 Å². The van der Waals surface area contributed by atoms with Crippen LogP contribution in [0.2, 0.25) is 0 Å². The molecule has 0 bridgehead atoms. The maximum Gasteiger partial charge on any atom is 0.329 e. The fourth-order valence-electron chi connectivity index (χ4n) is 2.86. The number of anilines is 2. The Hall–Kier alpha value is -4.92. The number of aryl methyl sites for hydroxylation is 1. The van der Waals surface area contributed by atoms with Gasteiger partial charge in [0, 0.05) is 11.4 Å². The first-order valence-electron chi connectivity index (χ1n) is 11.0. The molecule has 36 heavy (non-hydrogen) atoms. The third-order valence-corrected chi connectivity index (χ3v) is 4.63. The van der Waals surface area contributed by atoms with Crippen LogP contribution in [0.5, 0.6) is 11.5 Å². The highest BCUT2D eigenvalue weighted by molar-refractivity contribution is 6.39. The van der Waals surface area contributed by atoms with Gasteiger partial charge >= 0.3 is 11.8 Å². The maximum atomic E-state index is 12.1. The average molecular weight is 487 g/mol. The predicted octanol–water partition coefficient (Wildman–Crippen LogP) is 3.67. The molecule has 0 radical (unpaired) electrons. The second kappa shape index (κ2) is 13.1. The summed E-state index contributed by atoms with van der Waals surface area (Å²) in [6.07, 6.45) is 2.98. The molecule has 3 amide bonds. The van der Waals surface area contributed by atoms with Crippen LogP contribution in [0.1, 0.15) is 11.1 Å². The number of nitrogens with zero attached hydrogens (tertiary/aromatic N) is 1. The lowest BCUT2D eigenvalue weighted by Gasteiger charge is -2.08. The molecular formula is C27H26N4O5. The van der Waals surface area contributed by atoms with Gasteiger partial charge in [0.2, 0.25) is 0 Å². The molecule has 0 saturated heterocycles. The van der Waals surface area contributed by atoms with Gasteiger partial charge in [-0.3, -0.25) is 14.4 Å². The molecule has 3 aromatic carbocycles. The van der Waals surface area contributed by atoms with Gasteiger partial charge in [0.25, 0.3) is 5.91 Å². The zero-order valence-electron chi connectivity index (χ0n) is 19.7. The highest BCUT2D eigenvalue weighted by atomic mass is 16.5. The molecule has 0 heterocycles. The van der Waals surface area contributed by atoms with Crippen LogP contribution in [-0.2, 0) is 14.4 Å². The van der Waals surface area contributed by atoms with E-state index in [0.717, 1.165) is 5.56 Å². The van der Waals surface area contributed by atoms with Crippen molar-refractivity contribution in [2.24, 2.45) is 5.10 Å². The first kappa shape index (κ1) is 25.7. The standard InChI is InChI=1S/C27H26N4O5/c1-3-15-35-23-13-11-22(12-14-23)30-26(33)27(34)31-28-17-20-5-4-6-24(16-20)36-18-25(32)29-21-9-7-19(2)8-10-21/h3-14,16-17H,1,15,18H2,2H3,(H,29,32)(H,30,33)(H,31,34)/b28-17-. The van der Waals surface area contributed by atoms with Gasteiger partial charge in [0.15, 0.2) is 6.61 Å². The van der Waals surface area contributed by atoms with Crippen molar-refractivity contribution < 1.29 is 23.9 Å². The number of rotatable bonds is 10. The SMILES string of the molecule is C=CCOc1ccc(NC(=O)C(=O)N/N=C\c2cccc(OCC(=O)Nc3ccc(C)cc3)c2)cc1. The van der Waals surface area contributed by atoms with Gasteiger partial charge in [-0.05, 0) is 61.0 Å². The Kier molecular flexibility index (Phi) is 9.35. The van der Waals surface area contributed by atoms with Crippen LogP contribution in [0.15, 0.2) is 90.6 Å². The number of amides is 3. The summed E-state index contributed by atoms with van der Waals surface area (Å²) < 4.78 is 10.9. The molecule has 0 atom stereocenters. The minimum atomic E-state index is -0.932. The first-order valence-corrected chi connectivity index (χ1v) is 11.0. The van der Waals surface area contributed by atoms with Crippen molar-refractivity contribution in [3.8, 4) is 11.5 Å². The van der Waals surface area contributed by atoms with E-state index in [4.69, 9.17) is 9.47 Å². The predicted molar refractivity (Wildman–Crippen MR) is 138 cm³/mol. The Morgan fingerprint density at radius 1 is 0.861 bits per heavy atom. The number of carbonyl (C=O) groups is 3. The fraction of sp³-hybridized carbons (Fsp3) is 0.111. The number of ether oxygens (including phenoxy) is 2. The van der Waals surface area contributed by atoms with Crippen molar-refractivity contribution in [2.75, 3.05) is 23.8 Å². The van der Waals surface area contributed by atoms with Crippen molar-refractivity contribution in [3.63, 3.8) is 0 Å².